The van der Waals surface area contributed by atoms with E-state index in [1.54, 1.807) is 31.4 Å². The minimum absolute atomic E-state index is 0.278. The number of benzene rings is 2. The SMILES string of the molecule is COc1ccc(C(=O)NC(CCN(CCCCc2ccc3c(n2)NCCC3)CCOc2ccccc2)C(=O)O)cc1. The number of carboxylic acids is 1. The Kier molecular flexibility index (Phi) is 11.4. The first-order valence-corrected chi connectivity index (χ1v) is 14.3. The van der Waals surface area contributed by atoms with Gasteiger partial charge in [0.2, 0.25) is 0 Å². The van der Waals surface area contributed by atoms with E-state index in [9.17, 15) is 14.7 Å². The molecule has 0 spiro atoms. The smallest absolute Gasteiger partial charge is 0.326 e. The van der Waals surface area contributed by atoms with Gasteiger partial charge in [-0.25, -0.2) is 9.78 Å². The Bertz CT molecular complexity index is 1250. The lowest BCUT2D eigenvalue weighted by Gasteiger charge is -2.24. The van der Waals surface area contributed by atoms with E-state index in [-0.39, 0.29) is 6.42 Å². The van der Waals surface area contributed by atoms with Crippen LogP contribution in [0.15, 0.2) is 66.7 Å². The van der Waals surface area contributed by atoms with E-state index >= 15 is 0 Å². The molecule has 2 aromatic carbocycles. The highest BCUT2D eigenvalue weighted by Crippen LogP contribution is 2.20. The van der Waals surface area contributed by atoms with E-state index in [2.05, 4.69) is 27.7 Å². The number of aromatic nitrogens is 1. The zero-order valence-electron chi connectivity index (χ0n) is 23.7. The first kappa shape index (κ1) is 29.9. The number of nitrogens with zero attached hydrogens (tertiary/aromatic N) is 2. The van der Waals surface area contributed by atoms with Crippen LogP contribution in [0.2, 0.25) is 0 Å². The van der Waals surface area contributed by atoms with E-state index in [4.69, 9.17) is 14.5 Å². The Balaban J connectivity index is 1.30. The quantitative estimate of drug-likeness (QED) is 0.221. The Morgan fingerprint density at radius 2 is 1.80 bits per heavy atom. The standard InChI is InChI=1S/C32H40N4O5/c1-40-27-16-13-25(14-17-27)31(37)35-29(32(38)39)18-21-36(22-23-41-28-10-3-2-4-11-28)20-6-5-9-26-15-12-24-8-7-19-33-30(24)34-26/h2-4,10-17,29H,5-9,18-23H2,1H3,(H,33,34)(H,35,37)(H,38,39). The van der Waals surface area contributed by atoms with Crippen LogP contribution in [0, 0.1) is 0 Å². The molecule has 1 unspecified atom stereocenters. The van der Waals surface area contributed by atoms with E-state index in [0.717, 1.165) is 62.5 Å². The summed E-state index contributed by atoms with van der Waals surface area (Å²) in [5.74, 6) is 0.966. The van der Waals surface area contributed by atoms with E-state index in [1.807, 2.05) is 30.3 Å². The monoisotopic (exact) mass is 560 g/mol. The number of carbonyl (C=O) groups is 2. The van der Waals surface area contributed by atoms with Crippen LogP contribution in [0.25, 0.3) is 0 Å². The van der Waals surface area contributed by atoms with Gasteiger partial charge in [0.05, 0.1) is 7.11 Å². The molecule has 3 aromatic rings. The summed E-state index contributed by atoms with van der Waals surface area (Å²) >= 11 is 0. The van der Waals surface area contributed by atoms with Crippen LogP contribution in [0.3, 0.4) is 0 Å². The number of hydrogen-bond acceptors (Lipinski definition) is 7. The molecule has 4 rings (SSSR count). The van der Waals surface area contributed by atoms with Gasteiger partial charge in [-0.3, -0.25) is 9.69 Å². The molecule has 218 valence electrons. The van der Waals surface area contributed by atoms with Crippen molar-refractivity contribution < 1.29 is 24.2 Å². The van der Waals surface area contributed by atoms with Gasteiger partial charge < -0.3 is 25.2 Å². The number of aliphatic carboxylic acids is 1. The average Bonchev–Trinajstić information content (AvgIpc) is 3.01. The van der Waals surface area contributed by atoms with Crippen molar-refractivity contribution in [2.24, 2.45) is 0 Å². The lowest BCUT2D eigenvalue weighted by Crippen LogP contribution is -2.43. The van der Waals surface area contributed by atoms with Gasteiger partial charge in [-0.1, -0.05) is 24.3 Å². The number of fused-ring (bicyclic) bond motifs is 1. The number of carbonyl (C=O) groups excluding carboxylic acids is 1. The predicted octanol–water partition coefficient (Wildman–Crippen LogP) is 4.43. The Morgan fingerprint density at radius 1 is 1.00 bits per heavy atom. The fourth-order valence-corrected chi connectivity index (χ4v) is 4.85. The van der Waals surface area contributed by atoms with Crippen LogP contribution in [0.5, 0.6) is 11.5 Å². The summed E-state index contributed by atoms with van der Waals surface area (Å²) in [7, 11) is 1.55. The van der Waals surface area contributed by atoms with Crippen molar-refractivity contribution in [1.29, 1.82) is 0 Å². The Morgan fingerprint density at radius 3 is 2.56 bits per heavy atom. The van der Waals surface area contributed by atoms with E-state index in [0.29, 0.717) is 31.0 Å². The molecular formula is C32H40N4O5. The van der Waals surface area contributed by atoms with E-state index in [1.165, 1.54) is 5.56 Å². The minimum Gasteiger partial charge on any atom is -0.497 e. The van der Waals surface area contributed by atoms with Crippen molar-refractivity contribution in [3.05, 3.63) is 83.6 Å². The van der Waals surface area contributed by atoms with Crippen molar-refractivity contribution in [3.8, 4) is 11.5 Å². The van der Waals surface area contributed by atoms with E-state index < -0.39 is 17.9 Å². The summed E-state index contributed by atoms with van der Waals surface area (Å²) in [5, 5.41) is 15.9. The number of methoxy groups -OCH3 is 1. The maximum Gasteiger partial charge on any atom is 0.326 e. The molecule has 0 aliphatic carbocycles. The third kappa shape index (κ3) is 9.49. The fraction of sp³-hybridized carbons (Fsp3) is 0.406. The minimum atomic E-state index is -1.06. The van der Waals surface area contributed by atoms with Gasteiger partial charge in [0.1, 0.15) is 30.0 Å². The van der Waals surface area contributed by atoms with Crippen molar-refractivity contribution >= 4 is 17.7 Å². The number of unbranched alkanes of at least 4 members (excludes halogenated alkanes) is 1. The van der Waals surface area contributed by atoms with Gasteiger partial charge in [0.25, 0.3) is 5.91 Å². The largest absolute Gasteiger partial charge is 0.497 e. The Hall–Kier alpha value is -4.11. The van der Waals surface area contributed by atoms with Crippen molar-refractivity contribution in [1.82, 2.24) is 15.2 Å². The number of nitrogens with one attached hydrogen (secondary N) is 2. The summed E-state index contributed by atoms with van der Waals surface area (Å²) < 4.78 is 11.0. The number of aryl methyl sites for hydroxylation is 2. The molecule has 41 heavy (non-hydrogen) atoms. The van der Waals surface area contributed by atoms with Crippen molar-refractivity contribution in [2.45, 2.75) is 44.6 Å². The summed E-state index contributed by atoms with van der Waals surface area (Å²) in [6, 6.07) is 19.5. The molecule has 1 aliphatic heterocycles. The topological polar surface area (TPSA) is 113 Å². The van der Waals surface area contributed by atoms with Crippen LogP contribution >= 0.6 is 0 Å². The summed E-state index contributed by atoms with van der Waals surface area (Å²) in [6.07, 6.45) is 5.30. The molecule has 1 amide bonds. The van der Waals surface area contributed by atoms with Crippen LogP contribution in [-0.2, 0) is 17.6 Å². The fourth-order valence-electron chi connectivity index (χ4n) is 4.85. The lowest BCUT2D eigenvalue weighted by atomic mass is 10.1. The number of ether oxygens (including phenoxy) is 2. The zero-order valence-corrected chi connectivity index (χ0v) is 23.7. The second kappa shape index (κ2) is 15.6. The molecule has 0 bridgehead atoms. The highest BCUT2D eigenvalue weighted by Gasteiger charge is 2.22. The molecular weight excluding hydrogens is 520 g/mol. The molecule has 1 aliphatic rings. The highest BCUT2D eigenvalue weighted by molar-refractivity contribution is 5.96. The maximum absolute atomic E-state index is 12.7. The first-order chi connectivity index (χ1) is 20.0. The second-order valence-corrected chi connectivity index (χ2v) is 10.2. The average molecular weight is 561 g/mol. The van der Waals surface area contributed by atoms with Crippen molar-refractivity contribution in [3.63, 3.8) is 0 Å². The zero-order chi connectivity index (χ0) is 28.9. The number of pyridine rings is 1. The molecule has 9 nitrogen and oxygen atoms in total. The van der Waals surface area contributed by atoms with Crippen molar-refractivity contribution in [2.75, 3.05) is 45.2 Å². The normalized spacial score (nSPS) is 13.1. The number of para-hydroxylation sites is 1. The number of carboxylic acid groups (broad SMARTS) is 1. The number of anilines is 1. The third-order valence-corrected chi connectivity index (χ3v) is 7.22. The molecule has 0 saturated carbocycles. The molecule has 0 saturated heterocycles. The van der Waals surface area contributed by atoms with Crippen LogP contribution < -0.4 is 20.1 Å². The number of hydrogen-bond donors (Lipinski definition) is 3. The molecule has 9 heteroatoms. The predicted molar refractivity (Wildman–Crippen MR) is 159 cm³/mol. The summed E-state index contributed by atoms with van der Waals surface area (Å²) in [4.78, 5) is 31.7. The van der Waals surface area contributed by atoms with Gasteiger partial charge >= 0.3 is 5.97 Å². The lowest BCUT2D eigenvalue weighted by molar-refractivity contribution is -0.139. The summed E-state index contributed by atoms with van der Waals surface area (Å²) in [6.45, 7) is 3.41. The molecule has 3 N–H and O–H groups in total. The van der Waals surface area contributed by atoms with Gasteiger partial charge in [0, 0.05) is 30.9 Å². The van der Waals surface area contributed by atoms with Crippen LogP contribution in [-0.4, -0.2) is 72.8 Å². The molecule has 1 atom stereocenters. The number of amides is 1. The molecule has 2 heterocycles. The highest BCUT2D eigenvalue weighted by atomic mass is 16.5. The Labute approximate surface area is 241 Å². The maximum atomic E-state index is 12.7. The second-order valence-electron chi connectivity index (χ2n) is 10.2. The van der Waals surface area contributed by atoms with Crippen LogP contribution in [0.4, 0.5) is 5.82 Å². The van der Waals surface area contributed by atoms with Gasteiger partial charge in [0.15, 0.2) is 0 Å². The third-order valence-electron chi connectivity index (χ3n) is 7.22. The van der Waals surface area contributed by atoms with Gasteiger partial charge in [-0.15, -0.1) is 0 Å². The van der Waals surface area contributed by atoms with Gasteiger partial charge in [-0.2, -0.15) is 0 Å². The molecule has 0 radical (unpaired) electrons. The van der Waals surface area contributed by atoms with Gasteiger partial charge in [-0.05, 0) is 93.1 Å². The summed E-state index contributed by atoms with van der Waals surface area (Å²) in [5.41, 5.74) is 2.76. The van der Waals surface area contributed by atoms with Crippen LogP contribution in [0.1, 0.15) is 47.3 Å². The first-order valence-electron chi connectivity index (χ1n) is 14.3. The molecule has 1 aromatic heterocycles. The number of rotatable bonds is 16. The molecule has 0 fully saturated rings.